The van der Waals surface area contributed by atoms with E-state index >= 15 is 0 Å². The fourth-order valence-corrected chi connectivity index (χ4v) is 3.54. The summed E-state index contributed by atoms with van der Waals surface area (Å²) in [6.07, 6.45) is 2.98. The van der Waals surface area contributed by atoms with Gasteiger partial charge in [0.05, 0.1) is 18.6 Å². The van der Waals surface area contributed by atoms with Crippen LogP contribution in [0.3, 0.4) is 0 Å². The van der Waals surface area contributed by atoms with Crippen molar-refractivity contribution in [2.24, 2.45) is 0 Å². The monoisotopic (exact) mass is 346 g/mol. The van der Waals surface area contributed by atoms with Crippen molar-refractivity contribution in [1.82, 2.24) is 9.80 Å². The van der Waals surface area contributed by atoms with Crippen molar-refractivity contribution in [3.8, 4) is 5.75 Å². The van der Waals surface area contributed by atoms with Gasteiger partial charge in [0, 0.05) is 33.1 Å². The average Bonchev–Trinajstić information content (AvgIpc) is 2.74. The zero-order valence-corrected chi connectivity index (χ0v) is 14.7. The Morgan fingerprint density at radius 2 is 1.88 bits per heavy atom. The summed E-state index contributed by atoms with van der Waals surface area (Å²) < 4.78 is 6.02. The van der Waals surface area contributed by atoms with Gasteiger partial charge in [-0.25, -0.2) is 0 Å². The van der Waals surface area contributed by atoms with Gasteiger partial charge in [-0.05, 0) is 37.0 Å². The summed E-state index contributed by atoms with van der Waals surface area (Å²) >= 11 is 0. The molecule has 2 saturated heterocycles. The number of likely N-dealkylation sites (tertiary alicyclic amines) is 1. The minimum atomic E-state index is -0.393. The Hall–Kier alpha value is -2.08. The van der Waals surface area contributed by atoms with E-state index in [2.05, 4.69) is 0 Å². The van der Waals surface area contributed by atoms with Crippen LogP contribution >= 0.6 is 0 Å². The average molecular weight is 346 g/mol. The highest BCUT2D eigenvalue weighted by Crippen LogP contribution is 2.32. The van der Waals surface area contributed by atoms with E-state index in [0.29, 0.717) is 45.5 Å². The number of piperidine rings is 1. The lowest BCUT2D eigenvalue weighted by atomic mass is 9.87. The van der Waals surface area contributed by atoms with Gasteiger partial charge >= 0.3 is 0 Å². The number of ether oxygens (including phenoxy) is 1. The molecule has 0 saturated carbocycles. The van der Waals surface area contributed by atoms with Gasteiger partial charge in [-0.3, -0.25) is 9.59 Å². The van der Waals surface area contributed by atoms with E-state index in [1.165, 1.54) is 0 Å². The molecule has 1 N–H and O–H groups in total. The summed E-state index contributed by atoms with van der Waals surface area (Å²) in [4.78, 5) is 28.2. The van der Waals surface area contributed by atoms with Crippen molar-refractivity contribution >= 4 is 11.8 Å². The number of carbonyl (C=O) groups excluding carboxylic acids is 2. The van der Waals surface area contributed by atoms with E-state index in [4.69, 9.17) is 4.74 Å². The topological polar surface area (TPSA) is 70.1 Å². The first-order valence-electron chi connectivity index (χ1n) is 8.91. The molecule has 2 fully saturated rings. The van der Waals surface area contributed by atoms with E-state index in [9.17, 15) is 14.7 Å². The number of rotatable bonds is 3. The summed E-state index contributed by atoms with van der Waals surface area (Å²) in [5.41, 5.74) is 0.649. The number of benzene rings is 1. The van der Waals surface area contributed by atoms with Crippen LogP contribution in [0.5, 0.6) is 5.75 Å². The van der Waals surface area contributed by atoms with Gasteiger partial charge in [0.1, 0.15) is 5.75 Å². The molecule has 6 nitrogen and oxygen atoms in total. The number of hydrogen-bond acceptors (Lipinski definition) is 4. The predicted molar refractivity (Wildman–Crippen MR) is 93.2 cm³/mol. The van der Waals surface area contributed by atoms with Crippen LogP contribution < -0.4 is 0 Å². The summed E-state index contributed by atoms with van der Waals surface area (Å²) in [6.45, 7) is 2.49. The van der Waals surface area contributed by atoms with E-state index in [1.54, 1.807) is 17.0 Å². The van der Waals surface area contributed by atoms with Crippen LogP contribution in [0.15, 0.2) is 24.3 Å². The fraction of sp³-hybridized carbons (Fsp3) is 0.579. The molecule has 0 radical (unpaired) electrons. The first kappa shape index (κ1) is 17.7. The number of aromatic hydroxyl groups is 1. The van der Waals surface area contributed by atoms with E-state index in [0.717, 1.165) is 18.4 Å². The molecule has 2 amide bonds. The van der Waals surface area contributed by atoms with Crippen molar-refractivity contribution in [2.45, 2.75) is 37.7 Å². The van der Waals surface area contributed by atoms with Gasteiger partial charge in [-0.15, -0.1) is 0 Å². The van der Waals surface area contributed by atoms with Gasteiger partial charge in [-0.2, -0.15) is 0 Å². The van der Waals surface area contributed by atoms with Crippen molar-refractivity contribution in [3.63, 3.8) is 0 Å². The molecule has 0 aromatic heterocycles. The minimum absolute atomic E-state index is 0.129. The highest BCUT2D eigenvalue weighted by molar-refractivity contribution is 5.78. The van der Waals surface area contributed by atoms with Crippen molar-refractivity contribution in [3.05, 3.63) is 29.8 Å². The molecular formula is C19H26N2O4. The van der Waals surface area contributed by atoms with Crippen molar-refractivity contribution in [1.29, 1.82) is 0 Å². The highest BCUT2D eigenvalue weighted by atomic mass is 16.5. The van der Waals surface area contributed by atoms with Crippen LogP contribution in [0.4, 0.5) is 0 Å². The van der Waals surface area contributed by atoms with Gasteiger partial charge in [0.15, 0.2) is 0 Å². The number of phenols is 1. The van der Waals surface area contributed by atoms with E-state index in [1.807, 2.05) is 24.1 Å². The highest BCUT2D eigenvalue weighted by Gasteiger charge is 2.40. The predicted octanol–water partition coefficient (Wildman–Crippen LogP) is 1.56. The zero-order valence-electron chi connectivity index (χ0n) is 14.7. The molecule has 0 bridgehead atoms. The molecule has 2 aliphatic rings. The number of likely N-dealkylation sites (N-methyl/N-ethyl adjacent to an activating group) is 1. The normalized spacial score (nSPS) is 20.6. The molecule has 136 valence electrons. The quantitative estimate of drug-likeness (QED) is 0.902. The minimum Gasteiger partial charge on any atom is -0.508 e. The maximum Gasteiger partial charge on any atom is 0.225 e. The Kier molecular flexibility index (Phi) is 5.27. The lowest BCUT2D eigenvalue weighted by Crippen LogP contribution is -2.49. The Morgan fingerprint density at radius 1 is 1.20 bits per heavy atom. The molecule has 0 atom stereocenters. The van der Waals surface area contributed by atoms with Crippen molar-refractivity contribution in [2.75, 3.05) is 33.3 Å². The summed E-state index contributed by atoms with van der Waals surface area (Å²) in [6, 6.07) is 6.97. The second-order valence-corrected chi connectivity index (χ2v) is 7.07. The number of nitrogens with zero attached hydrogens (tertiary/aromatic N) is 2. The Labute approximate surface area is 148 Å². The second kappa shape index (κ2) is 7.44. The number of carbonyl (C=O) groups is 2. The molecular weight excluding hydrogens is 320 g/mol. The lowest BCUT2D eigenvalue weighted by molar-refractivity contribution is -0.141. The maximum absolute atomic E-state index is 12.5. The third-order valence-corrected chi connectivity index (χ3v) is 5.33. The van der Waals surface area contributed by atoms with Crippen LogP contribution in [0.2, 0.25) is 0 Å². The van der Waals surface area contributed by atoms with Gasteiger partial charge < -0.3 is 19.6 Å². The van der Waals surface area contributed by atoms with Gasteiger partial charge in [-0.1, -0.05) is 12.1 Å². The summed E-state index contributed by atoms with van der Waals surface area (Å²) in [7, 11) is 1.81. The molecule has 1 aromatic rings. The standard InChI is InChI=1S/C19H26N2O4/c1-20-12-13-25-19(14-18(20)24)8-10-21(11-9-19)17(23)7-4-15-2-5-16(22)6-3-15/h2-3,5-6,22H,4,7-14H2,1H3. The molecule has 1 spiro atoms. The largest absolute Gasteiger partial charge is 0.508 e. The number of aryl methyl sites for hydroxylation is 1. The summed E-state index contributed by atoms with van der Waals surface area (Å²) in [5.74, 6) is 0.504. The lowest BCUT2D eigenvalue weighted by Gasteiger charge is -2.40. The maximum atomic E-state index is 12.5. The molecule has 2 aliphatic heterocycles. The molecule has 0 aliphatic carbocycles. The Morgan fingerprint density at radius 3 is 2.56 bits per heavy atom. The first-order chi connectivity index (χ1) is 12.0. The Balaban J connectivity index is 1.50. The Bertz CT molecular complexity index is 621. The van der Waals surface area contributed by atoms with E-state index in [-0.39, 0.29) is 17.6 Å². The smallest absolute Gasteiger partial charge is 0.225 e. The van der Waals surface area contributed by atoms with Crippen LogP contribution in [-0.2, 0) is 20.7 Å². The van der Waals surface area contributed by atoms with Crippen molar-refractivity contribution < 1.29 is 19.4 Å². The molecule has 6 heteroatoms. The number of hydrogen-bond donors (Lipinski definition) is 1. The summed E-state index contributed by atoms with van der Waals surface area (Å²) in [5, 5.41) is 9.30. The third-order valence-electron chi connectivity index (χ3n) is 5.33. The second-order valence-electron chi connectivity index (χ2n) is 7.07. The molecule has 2 heterocycles. The molecule has 0 unspecified atom stereocenters. The molecule has 25 heavy (non-hydrogen) atoms. The third kappa shape index (κ3) is 4.31. The van der Waals surface area contributed by atoms with Crippen LogP contribution in [0.25, 0.3) is 0 Å². The van der Waals surface area contributed by atoms with Crippen LogP contribution in [0.1, 0.15) is 31.2 Å². The first-order valence-corrected chi connectivity index (χ1v) is 8.91. The SMILES string of the molecule is CN1CCOC2(CCN(C(=O)CCc3ccc(O)cc3)CC2)CC1=O. The zero-order chi connectivity index (χ0) is 17.9. The number of phenolic OH excluding ortho intramolecular Hbond substituents is 1. The van der Waals surface area contributed by atoms with Crippen LogP contribution in [-0.4, -0.2) is 65.6 Å². The van der Waals surface area contributed by atoms with Gasteiger partial charge in [0.25, 0.3) is 0 Å². The van der Waals surface area contributed by atoms with E-state index < -0.39 is 5.60 Å². The molecule has 3 rings (SSSR count). The van der Waals surface area contributed by atoms with Crippen LogP contribution in [0, 0.1) is 0 Å². The fourth-order valence-electron chi connectivity index (χ4n) is 3.54. The van der Waals surface area contributed by atoms with Gasteiger partial charge in [0.2, 0.25) is 11.8 Å². The molecule has 1 aromatic carbocycles. The number of amides is 2.